The van der Waals surface area contributed by atoms with Crippen LogP contribution in [0.1, 0.15) is 24.0 Å². The molecule has 1 unspecified atom stereocenters. The molecule has 1 aliphatic rings. The van der Waals surface area contributed by atoms with Crippen LogP contribution in [-0.4, -0.2) is 5.78 Å². The molecule has 1 saturated carbocycles. The Hall–Kier alpha value is -1.86. The van der Waals surface area contributed by atoms with E-state index in [-0.39, 0.29) is 5.78 Å². The normalized spacial score (nSPS) is 21.4. The van der Waals surface area contributed by atoms with Gasteiger partial charge in [-0.05, 0) is 35.3 Å². The number of Topliss-reactive ketones (excluding diaryl/α,β-unsaturated/α-hetero) is 1. The Kier molecular flexibility index (Phi) is 3.23. The van der Waals surface area contributed by atoms with Gasteiger partial charge >= 0.3 is 0 Å². The van der Waals surface area contributed by atoms with E-state index in [0.29, 0.717) is 11.4 Å². The van der Waals surface area contributed by atoms with E-state index in [4.69, 9.17) is 11.6 Å². The van der Waals surface area contributed by atoms with Gasteiger partial charge < -0.3 is 0 Å². The summed E-state index contributed by atoms with van der Waals surface area (Å²) in [5.74, 6) is 0.244. The van der Waals surface area contributed by atoms with Crippen molar-refractivity contribution in [2.45, 2.75) is 18.3 Å². The molecule has 2 aromatic carbocycles. The van der Waals surface area contributed by atoms with E-state index in [9.17, 15) is 4.79 Å². The maximum Gasteiger partial charge on any atom is 0.147 e. The molecular formula is C18H15ClO. The third-order valence-electron chi connectivity index (χ3n) is 4.18. The third kappa shape index (κ3) is 1.90. The Morgan fingerprint density at radius 2 is 1.70 bits per heavy atom. The molecule has 1 fully saturated rings. The number of halogens is 1. The van der Waals surface area contributed by atoms with Crippen LogP contribution < -0.4 is 0 Å². The lowest BCUT2D eigenvalue weighted by atomic mass is 9.58. The average Bonchev–Trinajstić information content (AvgIpc) is 2.49. The highest BCUT2D eigenvalue weighted by molar-refractivity contribution is 6.30. The summed E-state index contributed by atoms with van der Waals surface area (Å²) in [4.78, 5) is 12.4. The van der Waals surface area contributed by atoms with Crippen LogP contribution in [0.4, 0.5) is 0 Å². The van der Waals surface area contributed by atoms with Crippen LogP contribution in [-0.2, 0) is 10.2 Å². The summed E-state index contributed by atoms with van der Waals surface area (Å²) in [5, 5.41) is 0.681. The summed E-state index contributed by atoms with van der Waals surface area (Å²) in [6, 6.07) is 17.5. The second kappa shape index (κ2) is 4.92. The predicted molar refractivity (Wildman–Crippen MR) is 82.8 cm³/mol. The molecule has 20 heavy (non-hydrogen) atoms. The van der Waals surface area contributed by atoms with E-state index >= 15 is 0 Å². The third-order valence-corrected chi connectivity index (χ3v) is 4.43. The summed E-state index contributed by atoms with van der Waals surface area (Å²) in [7, 11) is 0. The van der Waals surface area contributed by atoms with Crippen molar-refractivity contribution >= 4 is 23.0 Å². The highest BCUT2D eigenvalue weighted by Crippen LogP contribution is 2.49. The van der Waals surface area contributed by atoms with Crippen LogP contribution in [0, 0.1) is 0 Å². The maximum atomic E-state index is 12.4. The Morgan fingerprint density at radius 3 is 2.20 bits per heavy atom. The van der Waals surface area contributed by atoms with Crippen LogP contribution in [0.25, 0.3) is 5.57 Å². The molecule has 0 bridgehead atoms. The number of benzene rings is 2. The van der Waals surface area contributed by atoms with Gasteiger partial charge in [0.25, 0.3) is 0 Å². The first-order valence-electron chi connectivity index (χ1n) is 6.69. The Labute approximate surface area is 123 Å². The molecule has 2 heteroatoms. The number of ketones is 1. The SMILES string of the molecule is C=C(c1ccccc1)C1(c2ccc(Cl)cc2)CCC1=O. The lowest BCUT2D eigenvalue weighted by Crippen LogP contribution is -2.45. The van der Waals surface area contributed by atoms with Crippen molar-refractivity contribution in [2.24, 2.45) is 0 Å². The molecule has 0 saturated heterocycles. The van der Waals surface area contributed by atoms with Gasteiger partial charge in [-0.15, -0.1) is 0 Å². The lowest BCUT2D eigenvalue weighted by molar-refractivity contribution is -0.128. The molecule has 0 aliphatic heterocycles. The van der Waals surface area contributed by atoms with Gasteiger partial charge in [-0.3, -0.25) is 4.79 Å². The Bertz CT molecular complexity index is 658. The van der Waals surface area contributed by atoms with E-state index in [1.807, 2.05) is 54.6 Å². The summed E-state index contributed by atoms with van der Waals surface area (Å²) in [6.07, 6.45) is 1.44. The van der Waals surface area contributed by atoms with E-state index in [1.54, 1.807) is 0 Å². The van der Waals surface area contributed by atoms with Gasteiger partial charge in [0.05, 0.1) is 5.41 Å². The fourth-order valence-corrected chi connectivity index (χ4v) is 3.02. The fourth-order valence-electron chi connectivity index (χ4n) is 2.90. The van der Waals surface area contributed by atoms with Crippen molar-refractivity contribution in [3.8, 4) is 0 Å². The number of rotatable bonds is 3. The molecule has 0 radical (unpaired) electrons. The minimum Gasteiger partial charge on any atom is -0.298 e. The van der Waals surface area contributed by atoms with Crippen molar-refractivity contribution in [2.75, 3.05) is 0 Å². The second-order valence-corrected chi connectivity index (χ2v) is 5.62. The van der Waals surface area contributed by atoms with Gasteiger partial charge in [0.15, 0.2) is 0 Å². The molecule has 0 amide bonds. The average molecular weight is 283 g/mol. The topological polar surface area (TPSA) is 17.1 Å². The zero-order chi connectivity index (χ0) is 14.2. The number of hydrogen-bond acceptors (Lipinski definition) is 1. The minimum atomic E-state index is -0.564. The molecule has 3 rings (SSSR count). The minimum absolute atomic E-state index is 0.244. The van der Waals surface area contributed by atoms with Crippen molar-refractivity contribution in [3.63, 3.8) is 0 Å². The number of hydrogen-bond donors (Lipinski definition) is 0. The van der Waals surface area contributed by atoms with Crippen LogP contribution in [0.15, 0.2) is 61.2 Å². The lowest BCUT2D eigenvalue weighted by Gasteiger charge is -2.42. The summed E-state index contributed by atoms with van der Waals surface area (Å²) in [6.45, 7) is 4.21. The van der Waals surface area contributed by atoms with Crippen molar-refractivity contribution in [3.05, 3.63) is 77.3 Å². The monoisotopic (exact) mass is 282 g/mol. The number of carbonyl (C=O) groups is 1. The quantitative estimate of drug-likeness (QED) is 0.800. The molecular weight excluding hydrogens is 268 g/mol. The largest absolute Gasteiger partial charge is 0.298 e. The Morgan fingerprint density at radius 1 is 1.05 bits per heavy atom. The highest BCUT2D eigenvalue weighted by Gasteiger charge is 2.49. The fraction of sp³-hybridized carbons (Fsp3) is 0.167. The molecule has 1 aliphatic carbocycles. The zero-order valence-corrected chi connectivity index (χ0v) is 11.9. The smallest absolute Gasteiger partial charge is 0.147 e. The summed E-state index contributed by atoms with van der Waals surface area (Å²) < 4.78 is 0. The van der Waals surface area contributed by atoms with Gasteiger partial charge in [-0.1, -0.05) is 60.6 Å². The van der Waals surface area contributed by atoms with E-state index in [2.05, 4.69) is 6.58 Å². The second-order valence-electron chi connectivity index (χ2n) is 5.18. The van der Waals surface area contributed by atoms with E-state index < -0.39 is 5.41 Å². The molecule has 0 heterocycles. The molecule has 100 valence electrons. The van der Waals surface area contributed by atoms with Crippen molar-refractivity contribution in [1.29, 1.82) is 0 Å². The number of carbonyl (C=O) groups excluding carboxylic acids is 1. The first-order chi connectivity index (χ1) is 9.64. The summed E-state index contributed by atoms with van der Waals surface area (Å²) in [5.41, 5.74) is 2.34. The molecule has 1 atom stereocenters. The van der Waals surface area contributed by atoms with Gasteiger partial charge in [0.1, 0.15) is 5.78 Å². The standard InChI is InChI=1S/C18H15ClO/c1-13(14-5-3-2-4-6-14)18(12-11-17(18)20)15-7-9-16(19)10-8-15/h2-10H,1,11-12H2. The first kappa shape index (κ1) is 13.1. The van der Waals surface area contributed by atoms with E-state index in [1.165, 1.54) is 0 Å². The van der Waals surface area contributed by atoms with E-state index in [0.717, 1.165) is 23.1 Å². The molecule has 2 aromatic rings. The van der Waals surface area contributed by atoms with Crippen LogP contribution >= 0.6 is 11.6 Å². The van der Waals surface area contributed by atoms with Gasteiger partial charge in [0.2, 0.25) is 0 Å². The van der Waals surface area contributed by atoms with Gasteiger partial charge in [-0.2, -0.15) is 0 Å². The van der Waals surface area contributed by atoms with Crippen LogP contribution in [0.3, 0.4) is 0 Å². The summed E-state index contributed by atoms with van der Waals surface area (Å²) >= 11 is 5.95. The molecule has 0 N–H and O–H groups in total. The molecule has 1 nitrogen and oxygen atoms in total. The number of allylic oxidation sites excluding steroid dienone is 1. The van der Waals surface area contributed by atoms with Gasteiger partial charge in [0, 0.05) is 11.4 Å². The molecule has 0 spiro atoms. The van der Waals surface area contributed by atoms with Crippen molar-refractivity contribution < 1.29 is 4.79 Å². The highest BCUT2D eigenvalue weighted by atomic mass is 35.5. The van der Waals surface area contributed by atoms with Crippen molar-refractivity contribution in [1.82, 2.24) is 0 Å². The van der Waals surface area contributed by atoms with Crippen LogP contribution in [0.5, 0.6) is 0 Å². The predicted octanol–water partition coefficient (Wildman–Crippen LogP) is 4.65. The zero-order valence-electron chi connectivity index (χ0n) is 11.1. The Balaban J connectivity index is 2.07. The maximum absolute atomic E-state index is 12.4. The van der Waals surface area contributed by atoms with Gasteiger partial charge in [-0.25, -0.2) is 0 Å². The first-order valence-corrected chi connectivity index (χ1v) is 7.06. The molecule has 0 aromatic heterocycles. The van der Waals surface area contributed by atoms with Crippen LogP contribution in [0.2, 0.25) is 5.02 Å².